The zero-order valence-electron chi connectivity index (χ0n) is 18.0. The van der Waals surface area contributed by atoms with Gasteiger partial charge in [0, 0.05) is 12.0 Å². The quantitative estimate of drug-likeness (QED) is 0.126. The first-order valence-electron chi connectivity index (χ1n) is 10.7. The summed E-state index contributed by atoms with van der Waals surface area (Å²) in [5.74, 6) is 0.734. The Bertz CT molecular complexity index is 1420. The van der Waals surface area contributed by atoms with E-state index in [9.17, 15) is 4.79 Å². The van der Waals surface area contributed by atoms with Crippen molar-refractivity contribution in [2.45, 2.75) is 6.42 Å². The van der Waals surface area contributed by atoms with Crippen molar-refractivity contribution in [1.82, 2.24) is 0 Å². The van der Waals surface area contributed by atoms with Crippen LogP contribution in [-0.2, 0) is 16.0 Å². The van der Waals surface area contributed by atoms with Gasteiger partial charge in [0.25, 0.3) is 0 Å². The van der Waals surface area contributed by atoms with E-state index in [1.807, 2.05) is 72.8 Å². The molecular weight excluding hydrogens is 652 g/mol. The molecule has 0 aromatic heterocycles. The van der Waals surface area contributed by atoms with E-state index in [0.29, 0.717) is 12.5 Å². The maximum Gasteiger partial charge on any atom is 0.363 e. The maximum atomic E-state index is 12.5. The highest BCUT2D eigenvalue weighted by Crippen LogP contribution is 2.31. The molecule has 1 heterocycles. The zero-order valence-corrected chi connectivity index (χ0v) is 22.3. The van der Waals surface area contributed by atoms with Gasteiger partial charge in [-0.3, -0.25) is 0 Å². The Morgan fingerprint density at radius 3 is 2.32 bits per heavy atom. The van der Waals surface area contributed by atoms with Crippen LogP contribution in [0, 0.1) is 7.14 Å². The Labute approximate surface area is 225 Å². The lowest BCUT2D eigenvalue weighted by atomic mass is 10.1. The van der Waals surface area contributed by atoms with E-state index in [2.05, 4.69) is 62.3 Å². The van der Waals surface area contributed by atoms with Gasteiger partial charge in [-0.2, -0.15) is 0 Å². The van der Waals surface area contributed by atoms with Crippen LogP contribution in [0.2, 0.25) is 0 Å². The summed E-state index contributed by atoms with van der Waals surface area (Å²) in [5.41, 5.74) is 3.18. The van der Waals surface area contributed by atoms with Crippen LogP contribution in [0.4, 0.5) is 0 Å². The summed E-state index contributed by atoms with van der Waals surface area (Å²) in [4.78, 5) is 17.0. The van der Waals surface area contributed by atoms with Crippen molar-refractivity contribution < 1.29 is 14.3 Å². The molecule has 4 nitrogen and oxygen atoms in total. The van der Waals surface area contributed by atoms with Gasteiger partial charge in [0.15, 0.2) is 5.70 Å². The number of aliphatic imine (C=N–C) groups is 1. The molecule has 168 valence electrons. The predicted molar refractivity (Wildman–Crippen MR) is 152 cm³/mol. The molecule has 4 aromatic carbocycles. The number of ether oxygens (including phenoxy) is 2. The average Bonchev–Trinajstić information content (AvgIpc) is 3.21. The predicted octanol–water partition coefficient (Wildman–Crippen LogP) is 7.02. The number of benzene rings is 4. The Kier molecular flexibility index (Phi) is 6.96. The standard InChI is InChI=1S/C28H19I2NO3/c29-23-14-19(15-24(30)26(23)33-13-12-18-6-2-1-3-7-18)16-25-28(32)34-27(31-25)22-11-10-20-8-4-5-9-21(20)17-22/h1-11,14-17H,12-13H2/b25-16-. The van der Waals surface area contributed by atoms with Crippen molar-refractivity contribution >= 4 is 73.9 Å². The normalized spacial score (nSPS) is 14.4. The fourth-order valence-electron chi connectivity index (χ4n) is 3.73. The van der Waals surface area contributed by atoms with E-state index in [1.54, 1.807) is 6.08 Å². The SMILES string of the molecule is O=C1OC(c2ccc3ccccc3c2)=N/C1=C\c1cc(I)c(OCCc2ccccc2)c(I)c1. The maximum absolute atomic E-state index is 12.5. The fraction of sp³-hybridized carbons (Fsp3) is 0.0714. The van der Waals surface area contributed by atoms with Gasteiger partial charge in [-0.15, -0.1) is 0 Å². The molecule has 0 atom stereocenters. The molecule has 0 N–H and O–H groups in total. The summed E-state index contributed by atoms with van der Waals surface area (Å²) in [6, 6.07) is 28.2. The summed E-state index contributed by atoms with van der Waals surface area (Å²) in [7, 11) is 0. The van der Waals surface area contributed by atoms with Crippen LogP contribution in [-0.4, -0.2) is 18.5 Å². The highest BCUT2D eigenvalue weighted by atomic mass is 127. The summed E-state index contributed by atoms with van der Waals surface area (Å²) < 4.78 is 13.5. The third kappa shape index (κ3) is 5.17. The molecule has 0 saturated carbocycles. The topological polar surface area (TPSA) is 47.9 Å². The number of fused-ring (bicyclic) bond motifs is 1. The lowest BCUT2D eigenvalue weighted by molar-refractivity contribution is -0.129. The summed E-state index contributed by atoms with van der Waals surface area (Å²) in [6.07, 6.45) is 2.60. The second-order valence-corrected chi connectivity index (χ2v) is 10.1. The Balaban J connectivity index is 1.35. The van der Waals surface area contributed by atoms with Crippen molar-refractivity contribution in [1.29, 1.82) is 0 Å². The van der Waals surface area contributed by atoms with Crippen LogP contribution >= 0.6 is 45.2 Å². The van der Waals surface area contributed by atoms with Gasteiger partial charge >= 0.3 is 5.97 Å². The molecule has 0 saturated heterocycles. The second-order valence-electron chi connectivity index (χ2n) is 7.80. The van der Waals surface area contributed by atoms with Crippen LogP contribution in [0.25, 0.3) is 16.8 Å². The molecule has 1 aliphatic heterocycles. The number of cyclic esters (lactones) is 1. The molecule has 6 heteroatoms. The molecule has 0 amide bonds. The number of esters is 1. The summed E-state index contributed by atoms with van der Waals surface area (Å²) >= 11 is 4.54. The van der Waals surface area contributed by atoms with Crippen molar-refractivity contribution in [3.63, 3.8) is 0 Å². The average molecular weight is 671 g/mol. The van der Waals surface area contributed by atoms with Gasteiger partial charge in [0.1, 0.15) is 5.75 Å². The minimum absolute atomic E-state index is 0.285. The van der Waals surface area contributed by atoms with Crippen molar-refractivity contribution in [3.05, 3.63) is 114 Å². The molecule has 34 heavy (non-hydrogen) atoms. The first-order valence-corrected chi connectivity index (χ1v) is 12.9. The minimum Gasteiger partial charge on any atom is -0.491 e. The van der Waals surface area contributed by atoms with Crippen LogP contribution in [0.5, 0.6) is 5.75 Å². The third-order valence-corrected chi connectivity index (χ3v) is 7.02. The summed E-state index contributed by atoms with van der Waals surface area (Å²) in [6.45, 7) is 0.599. The molecule has 0 fully saturated rings. The van der Waals surface area contributed by atoms with Crippen molar-refractivity contribution in [2.24, 2.45) is 4.99 Å². The number of nitrogens with zero attached hydrogens (tertiary/aromatic N) is 1. The molecule has 0 aliphatic carbocycles. The van der Waals surface area contributed by atoms with Crippen LogP contribution in [0.1, 0.15) is 16.7 Å². The number of hydrogen-bond acceptors (Lipinski definition) is 4. The van der Waals surface area contributed by atoms with Gasteiger partial charge in [-0.05, 0) is 97.4 Å². The van der Waals surface area contributed by atoms with Gasteiger partial charge in [-0.1, -0.05) is 60.7 Å². The van der Waals surface area contributed by atoms with E-state index in [0.717, 1.165) is 41.2 Å². The highest BCUT2D eigenvalue weighted by Gasteiger charge is 2.24. The van der Waals surface area contributed by atoms with E-state index in [-0.39, 0.29) is 5.70 Å². The smallest absolute Gasteiger partial charge is 0.363 e. The van der Waals surface area contributed by atoms with Crippen LogP contribution in [0.15, 0.2) is 95.6 Å². The first kappa shape index (κ1) is 23.0. The summed E-state index contributed by atoms with van der Waals surface area (Å²) in [5, 5.41) is 2.20. The van der Waals surface area contributed by atoms with Gasteiger partial charge in [0.05, 0.1) is 13.7 Å². The highest BCUT2D eigenvalue weighted by molar-refractivity contribution is 14.1. The molecule has 4 aromatic rings. The first-order chi connectivity index (χ1) is 16.6. The monoisotopic (exact) mass is 671 g/mol. The molecule has 0 unspecified atom stereocenters. The van der Waals surface area contributed by atoms with Crippen LogP contribution in [0.3, 0.4) is 0 Å². The molecule has 0 radical (unpaired) electrons. The number of halogens is 2. The van der Waals surface area contributed by atoms with E-state index >= 15 is 0 Å². The fourth-order valence-corrected chi connectivity index (χ4v) is 5.86. The second kappa shape index (κ2) is 10.3. The number of rotatable bonds is 6. The molecule has 0 spiro atoms. The third-order valence-electron chi connectivity index (χ3n) is 5.42. The van der Waals surface area contributed by atoms with Gasteiger partial charge in [0.2, 0.25) is 5.90 Å². The van der Waals surface area contributed by atoms with Crippen molar-refractivity contribution in [3.8, 4) is 5.75 Å². The van der Waals surface area contributed by atoms with Crippen molar-refractivity contribution in [2.75, 3.05) is 6.61 Å². The molecular formula is C28H19I2NO3. The Morgan fingerprint density at radius 2 is 1.56 bits per heavy atom. The molecule has 1 aliphatic rings. The largest absolute Gasteiger partial charge is 0.491 e. The molecule has 5 rings (SSSR count). The van der Waals surface area contributed by atoms with Crippen LogP contribution < -0.4 is 4.74 Å². The Morgan fingerprint density at radius 1 is 0.853 bits per heavy atom. The van der Waals surface area contributed by atoms with Gasteiger partial charge in [-0.25, -0.2) is 9.79 Å². The van der Waals surface area contributed by atoms with E-state index in [4.69, 9.17) is 9.47 Å². The number of carbonyl (C=O) groups excluding carboxylic acids is 1. The number of hydrogen-bond donors (Lipinski definition) is 0. The van der Waals surface area contributed by atoms with E-state index < -0.39 is 5.97 Å². The van der Waals surface area contributed by atoms with E-state index in [1.165, 1.54) is 5.56 Å². The lowest BCUT2D eigenvalue weighted by Gasteiger charge is -2.11. The zero-order chi connectivity index (χ0) is 23.5. The van der Waals surface area contributed by atoms with Gasteiger partial charge < -0.3 is 9.47 Å². The Hall–Kier alpha value is -2.72. The molecule has 0 bridgehead atoms. The minimum atomic E-state index is -0.448. The lowest BCUT2D eigenvalue weighted by Crippen LogP contribution is -2.05. The number of carbonyl (C=O) groups is 1.